The van der Waals surface area contributed by atoms with Crippen molar-refractivity contribution in [1.82, 2.24) is 0 Å². The lowest BCUT2D eigenvalue weighted by Gasteiger charge is -2.26. The number of thiol groups is 1. The summed E-state index contributed by atoms with van der Waals surface area (Å²) in [4.78, 5) is -0.601. The molecule has 1 unspecified atom stereocenters. The molecule has 1 aliphatic heterocycles. The second kappa shape index (κ2) is 3.30. The quantitative estimate of drug-likeness (QED) is 0.670. The minimum absolute atomic E-state index is 0.601. The highest BCUT2D eigenvalue weighted by Crippen LogP contribution is 2.33. The molecule has 2 heteroatoms. The van der Waals surface area contributed by atoms with E-state index in [4.69, 9.17) is 4.74 Å². The van der Waals surface area contributed by atoms with Gasteiger partial charge in [-0.3, -0.25) is 0 Å². The van der Waals surface area contributed by atoms with Crippen molar-refractivity contribution in [3.8, 4) is 0 Å². The largest absolute Gasteiger partial charge is 0.476 e. The summed E-state index contributed by atoms with van der Waals surface area (Å²) in [5.41, 5.74) is 1.04. The van der Waals surface area contributed by atoms with Crippen LogP contribution in [0, 0.1) is 0 Å². The summed E-state index contributed by atoms with van der Waals surface area (Å²) in [6.07, 6.45) is 7.35. The van der Waals surface area contributed by atoms with Crippen molar-refractivity contribution in [2.75, 3.05) is 0 Å². The lowest BCUT2D eigenvalue weighted by Crippen LogP contribution is -2.18. The number of hydrogen-bond donors (Lipinski definition) is 1. The van der Waals surface area contributed by atoms with E-state index in [0.29, 0.717) is 0 Å². The maximum atomic E-state index is 5.45. The van der Waals surface area contributed by atoms with E-state index in [0.717, 1.165) is 5.56 Å². The average Bonchev–Trinajstić information content (AvgIpc) is 2.20. The molecule has 1 aromatic carbocycles. The topological polar surface area (TPSA) is 9.23 Å². The number of hydrogen-bond acceptors (Lipinski definition) is 2. The highest BCUT2D eigenvalue weighted by atomic mass is 32.1. The van der Waals surface area contributed by atoms with E-state index in [9.17, 15) is 0 Å². The Labute approximate surface area is 83.1 Å². The molecular formula is C11H10OS. The minimum atomic E-state index is -0.601. The van der Waals surface area contributed by atoms with Gasteiger partial charge in [-0.05, 0) is 12.2 Å². The Kier molecular flexibility index (Phi) is 2.15. The second-order valence-corrected chi connectivity index (χ2v) is 3.53. The predicted molar refractivity (Wildman–Crippen MR) is 56.5 cm³/mol. The highest BCUT2D eigenvalue weighted by Gasteiger charge is 2.25. The molecule has 1 nitrogen and oxygen atoms in total. The van der Waals surface area contributed by atoms with Crippen LogP contribution in [0.5, 0.6) is 0 Å². The Bertz CT molecular complexity index is 342. The van der Waals surface area contributed by atoms with Crippen molar-refractivity contribution >= 4 is 12.6 Å². The van der Waals surface area contributed by atoms with Gasteiger partial charge in [0.05, 0.1) is 6.26 Å². The van der Waals surface area contributed by atoms with Gasteiger partial charge in [0.25, 0.3) is 0 Å². The third-order valence-electron chi connectivity index (χ3n) is 1.95. The van der Waals surface area contributed by atoms with Crippen molar-refractivity contribution in [1.29, 1.82) is 0 Å². The third kappa shape index (κ3) is 1.63. The summed E-state index contributed by atoms with van der Waals surface area (Å²) in [7, 11) is 0. The van der Waals surface area contributed by atoms with Gasteiger partial charge in [-0.2, -0.15) is 0 Å². The monoisotopic (exact) mass is 190 g/mol. The molecule has 0 saturated heterocycles. The SMILES string of the molecule is SC1(c2ccccc2)C=CC=CO1. The molecule has 0 aromatic heterocycles. The van der Waals surface area contributed by atoms with Crippen molar-refractivity contribution in [2.24, 2.45) is 0 Å². The van der Waals surface area contributed by atoms with Crippen LogP contribution in [0.1, 0.15) is 5.56 Å². The molecule has 2 rings (SSSR count). The Hall–Kier alpha value is -1.15. The van der Waals surface area contributed by atoms with Crippen molar-refractivity contribution in [3.05, 3.63) is 60.4 Å². The molecular weight excluding hydrogens is 180 g/mol. The lowest BCUT2D eigenvalue weighted by molar-refractivity contribution is 0.154. The fraction of sp³-hybridized carbons (Fsp3) is 0.0909. The van der Waals surface area contributed by atoms with Crippen LogP contribution in [-0.4, -0.2) is 0 Å². The summed E-state index contributed by atoms with van der Waals surface area (Å²) < 4.78 is 5.45. The molecule has 0 amide bonds. The minimum Gasteiger partial charge on any atom is -0.476 e. The van der Waals surface area contributed by atoms with Gasteiger partial charge in [0.2, 0.25) is 0 Å². The van der Waals surface area contributed by atoms with Crippen LogP contribution in [0.15, 0.2) is 54.8 Å². The molecule has 66 valence electrons. The Morgan fingerprint density at radius 2 is 1.85 bits per heavy atom. The molecule has 0 fully saturated rings. The van der Waals surface area contributed by atoms with Crippen molar-refractivity contribution in [3.63, 3.8) is 0 Å². The molecule has 0 saturated carbocycles. The fourth-order valence-corrected chi connectivity index (χ4v) is 1.55. The first kappa shape index (κ1) is 8.45. The van der Waals surface area contributed by atoms with Gasteiger partial charge in [-0.15, -0.1) is 12.6 Å². The normalized spacial score (nSPS) is 25.6. The smallest absolute Gasteiger partial charge is 0.195 e. The van der Waals surface area contributed by atoms with E-state index in [-0.39, 0.29) is 0 Å². The van der Waals surface area contributed by atoms with E-state index in [1.807, 2.05) is 48.6 Å². The van der Waals surface area contributed by atoms with E-state index >= 15 is 0 Å². The van der Waals surface area contributed by atoms with Gasteiger partial charge < -0.3 is 4.74 Å². The van der Waals surface area contributed by atoms with Crippen LogP contribution in [0.3, 0.4) is 0 Å². The second-order valence-electron chi connectivity index (χ2n) is 2.87. The number of ether oxygens (including phenoxy) is 1. The van der Waals surface area contributed by atoms with Gasteiger partial charge in [-0.25, -0.2) is 0 Å². The third-order valence-corrected chi connectivity index (χ3v) is 2.46. The van der Waals surface area contributed by atoms with E-state index in [1.165, 1.54) is 0 Å². The molecule has 1 atom stereocenters. The summed E-state index contributed by atoms with van der Waals surface area (Å²) in [5.74, 6) is 0. The lowest BCUT2D eigenvalue weighted by atomic mass is 10.1. The Morgan fingerprint density at radius 1 is 1.08 bits per heavy atom. The maximum absolute atomic E-state index is 5.45. The fourth-order valence-electron chi connectivity index (χ4n) is 1.25. The first-order valence-corrected chi connectivity index (χ1v) is 4.56. The first-order valence-electron chi connectivity index (χ1n) is 4.11. The molecule has 0 radical (unpaired) electrons. The van der Waals surface area contributed by atoms with Crippen LogP contribution in [0.25, 0.3) is 0 Å². The van der Waals surface area contributed by atoms with E-state index in [2.05, 4.69) is 12.6 Å². The van der Waals surface area contributed by atoms with E-state index < -0.39 is 4.93 Å². The molecule has 13 heavy (non-hydrogen) atoms. The number of benzene rings is 1. The highest BCUT2D eigenvalue weighted by molar-refractivity contribution is 7.81. The molecule has 0 aliphatic carbocycles. The maximum Gasteiger partial charge on any atom is 0.195 e. The predicted octanol–water partition coefficient (Wildman–Crippen LogP) is 2.87. The molecule has 0 spiro atoms. The standard InChI is InChI=1S/C11H10OS/c13-11(8-4-5-9-12-11)10-6-2-1-3-7-10/h1-9,13H. The van der Waals surface area contributed by atoms with Gasteiger partial charge in [0, 0.05) is 5.56 Å². The van der Waals surface area contributed by atoms with Gasteiger partial charge >= 0.3 is 0 Å². The summed E-state index contributed by atoms with van der Waals surface area (Å²) in [5, 5.41) is 0. The summed E-state index contributed by atoms with van der Waals surface area (Å²) in [6, 6.07) is 9.92. The molecule has 0 bridgehead atoms. The van der Waals surface area contributed by atoms with Crippen LogP contribution in [0.4, 0.5) is 0 Å². The Morgan fingerprint density at radius 3 is 2.46 bits per heavy atom. The summed E-state index contributed by atoms with van der Waals surface area (Å²) in [6.45, 7) is 0. The summed E-state index contributed by atoms with van der Waals surface area (Å²) >= 11 is 4.48. The zero-order valence-corrected chi connectivity index (χ0v) is 7.95. The molecule has 0 N–H and O–H groups in total. The molecule has 1 heterocycles. The van der Waals surface area contributed by atoms with Crippen LogP contribution in [0.2, 0.25) is 0 Å². The van der Waals surface area contributed by atoms with Gasteiger partial charge in [-0.1, -0.05) is 36.4 Å². The zero-order valence-electron chi connectivity index (χ0n) is 7.05. The molecule has 1 aliphatic rings. The zero-order chi connectivity index (χ0) is 9.15. The van der Waals surface area contributed by atoms with Crippen molar-refractivity contribution < 1.29 is 4.74 Å². The van der Waals surface area contributed by atoms with Gasteiger partial charge in [0.15, 0.2) is 4.93 Å². The van der Waals surface area contributed by atoms with Crippen LogP contribution in [-0.2, 0) is 9.67 Å². The Balaban J connectivity index is 2.35. The number of allylic oxidation sites excluding steroid dienone is 2. The van der Waals surface area contributed by atoms with Crippen LogP contribution >= 0.6 is 12.6 Å². The first-order chi connectivity index (χ1) is 6.31. The number of rotatable bonds is 1. The van der Waals surface area contributed by atoms with E-state index in [1.54, 1.807) is 6.26 Å². The molecule has 1 aromatic rings. The van der Waals surface area contributed by atoms with Crippen molar-refractivity contribution in [2.45, 2.75) is 4.93 Å². The average molecular weight is 190 g/mol. The van der Waals surface area contributed by atoms with Gasteiger partial charge in [0.1, 0.15) is 0 Å². The van der Waals surface area contributed by atoms with Crippen LogP contribution < -0.4 is 0 Å².